The van der Waals surface area contributed by atoms with E-state index in [1.807, 2.05) is 6.07 Å². The molecule has 0 saturated carbocycles. The summed E-state index contributed by atoms with van der Waals surface area (Å²) in [6, 6.07) is 8.71. The number of likely N-dealkylation sites (N-methyl/N-ethyl adjacent to an activating group) is 1. The minimum atomic E-state index is 0.121. The fourth-order valence-electron chi connectivity index (χ4n) is 2.13. The molecule has 1 rings (SSSR count). The molecule has 2 unspecified atom stereocenters. The normalized spacial score (nSPS) is 15.1. The number of nitrogens with zero attached hydrogens (tertiary/aromatic N) is 1. The molecule has 2 nitrogen and oxygen atoms in total. The molecule has 2 N–H and O–H groups in total. The molecule has 90 valence electrons. The van der Waals surface area contributed by atoms with Gasteiger partial charge in [0.05, 0.1) is 6.04 Å². The molecule has 0 aliphatic heterocycles. The van der Waals surface area contributed by atoms with Gasteiger partial charge in [-0.2, -0.15) is 0 Å². The Labute approximate surface area is 107 Å². The van der Waals surface area contributed by atoms with Gasteiger partial charge in [-0.25, -0.2) is 0 Å². The summed E-state index contributed by atoms with van der Waals surface area (Å²) in [6.45, 7) is 5.32. The number of hydrogen-bond acceptors (Lipinski definition) is 2. The van der Waals surface area contributed by atoms with Crippen LogP contribution in [0.15, 0.2) is 28.7 Å². The minimum Gasteiger partial charge on any atom is -0.326 e. The quantitative estimate of drug-likeness (QED) is 0.900. The van der Waals surface area contributed by atoms with E-state index in [1.165, 1.54) is 5.56 Å². The van der Waals surface area contributed by atoms with Gasteiger partial charge in [-0.3, -0.25) is 4.90 Å². The first-order valence-electron chi connectivity index (χ1n) is 5.78. The lowest BCUT2D eigenvalue weighted by Gasteiger charge is -2.31. The van der Waals surface area contributed by atoms with E-state index in [9.17, 15) is 0 Å². The SMILES string of the molecule is CCCN(C)C(c1ccccc1Br)C(C)N. The van der Waals surface area contributed by atoms with E-state index in [2.05, 4.69) is 59.9 Å². The Balaban J connectivity index is 2.98. The predicted octanol–water partition coefficient (Wildman–Crippen LogP) is 3.18. The molecule has 0 bridgehead atoms. The zero-order valence-corrected chi connectivity index (χ0v) is 11.9. The maximum atomic E-state index is 6.11. The molecule has 0 saturated heterocycles. The molecule has 0 heterocycles. The highest BCUT2D eigenvalue weighted by Gasteiger charge is 2.22. The summed E-state index contributed by atoms with van der Waals surface area (Å²) in [5.41, 5.74) is 7.38. The van der Waals surface area contributed by atoms with Crippen LogP contribution in [0.3, 0.4) is 0 Å². The van der Waals surface area contributed by atoms with Gasteiger partial charge < -0.3 is 5.73 Å². The van der Waals surface area contributed by atoms with Crippen molar-refractivity contribution in [2.24, 2.45) is 5.73 Å². The van der Waals surface area contributed by atoms with Crippen molar-refractivity contribution in [3.8, 4) is 0 Å². The summed E-state index contributed by atoms with van der Waals surface area (Å²) in [4.78, 5) is 2.32. The third-order valence-electron chi connectivity index (χ3n) is 2.77. The van der Waals surface area contributed by atoms with Gasteiger partial charge in [0.1, 0.15) is 0 Å². The Morgan fingerprint density at radius 2 is 2.00 bits per heavy atom. The van der Waals surface area contributed by atoms with E-state index in [0.29, 0.717) is 0 Å². The molecule has 1 aromatic carbocycles. The van der Waals surface area contributed by atoms with Crippen molar-refractivity contribution in [2.75, 3.05) is 13.6 Å². The number of nitrogens with two attached hydrogens (primary N) is 1. The van der Waals surface area contributed by atoms with Crippen LogP contribution in [0, 0.1) is 0 Å². The van der Waals surface area contributed by atoms with Gasteiger partial charge in [-0.15, -0.1) is 0 Å². The zero-order valence-electron chi connectivity index (χ0n) is 10.3. The Hall–Kier alpha value is -0.380. The van der Waals surface area contributed by atoms with Crippen molar-refractivity contribution in [3.63, 3.8) is 0 Å². The predicted molar refractivity (Wildman–Crippen MR) is 73.5 cm³/mol. The molecular weight excluding hydrogens is 264 g/mol. The summed E-state index contributed by atoms with van der Waals surface area (Å²) in [6.07, 6.45) is 1.14. The highest BCUT2D eigenvalue weighted by atomic mass is 79.9. The highest BCUT2D eigenvalue weighted by molar-refractivity contribution is 9.10. The lowest BCUT2D eigenvalue weighted by molar-refractivity contribution is 0.219. The van der Waals surface area contributed by atoms with Gasteiger partial charge in [-0.1, -0.05) is 41.1 Å². The van der Waals surface area contributed by atoms with Gasteiger partial charge in [-0.05, 0) is 38.6 Å². The molecule has 0 fully saturated rings. The van der Waals surface area contributed by atoms with Crippen molar-refractivity contribution in [1.82, 2.24) is 4.90 Å². The number of halogens is 1. The standard InChI is InChI=1S/C13H21BrN2/c1-4-9-16(3)13(10(2)15)11-7-5-6-8-12(11)14/h5-8,10,13H,4,9,15H2,1-3H3. The second kappa shape index (κ2) is 6.38. The van der Waals surface area contributed by atoms with Gasteiger partial charge in [0.2, 0.25) is 0 Å². The van der Waals surface area contributed by atoms with Crippen LogP contribution in [0.2, 0.25) is 0 Å². The molecule has 0 aromatic heterocycles. The lowest BCUT2D eigenvalue weighted by atomic mass is 9.99. The number of hydrogen-bond donors (Lipinski definition) is 1. The summed E-state index contributed by atoms with van der Waals surface area (Å²) in [7, 11) is 2.14. The third-order valence-corrected chi connectivity index (χ3v) is 3.50. The van der Waals surface area contributed by atoms with Crippen LogP contribution in [0.4, 0.5) is 0 Å². The van der Waals surface area contributed by atoms with Crippen molar-refractivity contribution in [1.29, 1.82) is 0 Å². The largest absolute Gasteiger partial charge is 0.326 e. The average molecular weight is 285 g/mol. The monoisotopic (exact) mass is 284 g/mol. The van der Waals surface area contributed by atoms with Crippen LogP contribution in [-0.4, -0.2) is 24.5 Å². The van der Waals surface area contributed by atoms with Gasteiger partial charge in [0.15, 0.2) is 0 Å². The van der Waals surface area contributed by atoms with Crippen molar-refractivity contribution in [2.45, 2.75) is 32.4 Å². The van der Waals surface area contributed by atoms with Crippen LogP contribution >= 0.6 is 15.9 Å². The van der Waals surface area contributed by atoms with E-state index in [4.69, 9.17) is 5.73 Å². The molecule has 3 heteroatoms. The van der Waals surface area contributed by atoms with E-state index < -0.39 is 0 Å². The third kappa shape index (κ3) is 3.30. The van der Waals surface area contributed by atoms with Gasteiger partial charge in [0.25, 0.3) is 0 Å². The van der Waals surface area contributed by atoms with Gasteiger partial charge in [0, 0.05) is 10.5 Å². The smallest absolute Gasteiger partial charge is 0.0504 e. The average Bonchev–Trinajstić information content (AvgIpc) is 2.21. The summed E-state index contributed by atoms with van der Waals surface area (Å²) < 4.78 is 1.14. The first-order chi connectivity index (χ1) is 7.57. The zero-order chi connectivity index (χ0) is 12.1. The van der Waals surface area contributed by atoms with Crippen LogP contribution in [0.1, 0.15) is 31.9 Å². The molecule has 1 aromatic rings. The molecule has 0 aliphatic rings. The van der Waals surface area contributed by atoms with Crippen LogP contribution in [-0.2, 0) is 0 Å². The van der Waals surface area contributed by atoms with E-state index in [0.717, 1.165) is 17.4 Å². The first kappa shape index (κ1) is 13.7. The Bertz CT molecular complexity index is 325. The van der Waals surface area contributed by atoms with Crippen molar-refractivity contribution >= 4 is 15.9 Å². The molecule has 2 atom stereocenters. The minimum absolute atomic E-state index is 0.121. The fraction of sp³-hybridized carbons (Fsp3) is 0.538. The molecule has 0 amide bonds. The Morgan fingerprint density at radius 3 is 2.50 bits per heavy atom. The second-order valence-corrected chi connectivity index (χ2v) is 5.16. The molecule has 0 radical (unpaired) electrons. The highest BCUT2D eigenvalue weighted by Crippen LogP contribution is 2.28. The fourth-order valence-corrected chi connectivity index (χ4v) is 2.65. The van der Waals surface area contributed by atoms with Crippen LogP contribution < -0.4 is 5.73 Å². The molecule has 0 spiro atoms. The van der Waals surface area contributed by atoms with E-state index >= 15 is 0 Å². The first-order valence-corrected chi connectivity index (χ1v) is 6.57. The lowest BCUT2D eigenvalue weighted by Crippen LogP contribution is -2.37. The number of benzene rings is 1. The van der Waals surface area contributed by atoms with E-state index in [1.54, 1.807) is 0 Å². The topological polar surface area (TPSA) is 29.3 Å². The molecule has 16 heavy (non-hydrogen) atoms. The maximum absolute atomic E-state index is 6.11. The van der Waals surface area contributed by atoms with Crippen LogP contribution in [0.5, 0.6) is 0 Å². The van der Waals surface area contributed by atoms with Crippen LogP contribution in [0.25, 0.3) is 0 Å². The summed E-state index contributed by atoms with van der Waals surface area (Å²) >= 11 is 3.60. The van der Waals surface area contributed by atoms with Crippen molar-refractivity contribution < 1.29 is 0 Å². The molecule has 0 aliphatic carbocycles. The maximum Gasteiger partial charge on any atom is 0.0504 e. The summed E-state index contributed by atoms with van der Waals surface area (Å²) in [5.74, 6) is 0. The Kier molecular flexibility index (Phi) is 5.46. The Morgan fingerprint density at radius 1 is 1.38 bits per heavy atom. The van der Waals surface area contributed by atoms with Crippen molar-refractivity contribution in [3.05, 3.63) is 34.3 Å². The van der Waals surface area contributed by atoms with E-state index in [-0.39, 0.29) is 12.1 Å². The second-order valence-electron chi connectivity index (χ2n) is 4.31. The van der Waals surface area contributed by atoms with Gasteiger partial charge >= 0.3 is 0 Å². The summed E-state index contributed by atoms with van der Waals surface area (Å²) in [5, 5.41) is 0. The number of rotatable bonds is 5. The molecular formula is C13H21BrN2.